The maximum Gasteiger partial charge on any atom is 0.141 e. The van der Waals surface area contributed by atoms with Crippen LogP contribution in [-0.2, 0) is 13.0 Å². The zero-order valence-electron chi connectivity index (χ0n) is 9.45. The zero-order valence-corrected chi connectivity index (χ0v) is 10.2. The van der Waals surface area contributed by atoms with Crippen LogP contribution in [-0.4, -0.2) is 9.78 Å². The molecule has 0 aliphatic heterocycles. The van der Waals surface area contributed by atoms with Crippen LogP contribution in [0.3, 0.4) is 0 Å². The van der Waals surface area contributed by atoms with Crippen molar-refractivity contribution in [1.29, 1.82) is 0 Å². The Kier molecular flexibility index (Phi) is 3.45. The summed E-state index contributed by atoms with van der Waals surface area (Å²) in [6.45, 7) is 2.47. The molecule has 3 nitrogen and oxygen atoms in total. The van der Waals surface area contributed by atoms with E-state index in [1.54, 1.807) is 23.0 Å². The fraction of sp³-hybridized carbons (Fsp3) is 0.250. The van der Waals surface area contributed by atoms with E-state index in [4.69, 9.17) is 17.3 Å². The normalized spacial score (nSPS) is 10.8. The Morgan fingerprint density at radius 3 is 2.82 bits per heavy atom. The predicted octanol–water partition coefficient (Wildman–Crippen LogP) is 2.69. The molecule has 0 radical (unpaired) electrons. The first-order valence-corrected chi connectivity index (χ1v) is 5.76. The van der Waals surface area contributed by atoms with Gasteiger partial charge in [0.1, 0.15) is 5.82 Å². The van der Waals surface area contributed by atoms with Crippen LogP contribution in [0.25, 0.3) is 5.69 Å². The van der Waals surface area contributed by atoms with Gasteiger partial charge in [0.15, 0.2) is 0 Å². The average Bonchev–Trinajstić information content (AvgIpc) is 2.75. The van der Waals surface area contributed by atoms with E-state index in [2.05, 4.69) is 5.10 Å². The molecule has 0 saturated heterocycles. The molecular formula is C12H13ClFN3. The minimum Gasteiger partial charge on any atom is -0.326 e. The van der Waals surface area contributed by atoms with E-state index in [0.717, 1.165) is 23.4 Å². The van der Waals surface area contributed by atoms with Crippen molar-refractivity contribution in [3.05, 3.63) is 46.5 Å². The molecule has 2 aromatic rings. The molecule has 0 atom stereocenters. The second-order valence-corrected chi connectivity index (χ2v) is 4.09. The molecule has 0 saturated carbocycles. The zero-order chi connectivity index (χ0) is 12.4. The van der Waals surface area contributed by atoms with E-state index in [9.17, 15) is 4.39 Å². The van der Waals surface area contributed by atoms with Crippen molar-refractivity contribution in [1.82, 2.24) is 9.78 Å². The molecule has 0 aliphatic carbocycles. The fourth-order valence-electron chi connectivity index (χ4n) is 1.79. The molecule has 1 aromatic carbocycles. The van der Waals surface area contributed by atoms with E-state index in [1.807, 2.05) is 6.92 Å². The third kappa shape index (κ3) is 2.18. The molecular weight excluding hydrogens is 241 g/mol. The molecule has 0 spiro atoms. The fourth-order valence-corrected chi connectivity index (χ4v) is 1.97. The minimum atomic E-state index is -0.431. The van der Waals surface area contributed by atoms with Gasteiger partial charge in [0.05, 0.1) is 16.9 Å². The number of nitrogens with two attached hydrogens (primary N) is 1. The largest absolute Gasteiger partial charge is 0.326 e. The van der Waals surface area contributed by atoms with Crippen LogP contribution in [0.15, 0.2) is 24.4 Å². The van der Waals surface area contributed by atoms with E-state index >= 15 is 0 Å². The van der Waals surface area contributed by atoms with Gasteiger partial charge >= 0.3 is 0 Å². The number of aromatic nitrogens is 2. The minimum absolute atomic E-state index is 0.0920. The SMILES string of the molecule is CCc1c(CN)cnn1-c1ccc(F)c(Cl)c1. The molecule has 0 amide bonds. The van der Waals surface area contributed by atoms with Gasteiger partial charge in [-0.2, -0.15) is 5.10 Å². The van der Waals surface area contributed by atoms with Gasteiger partial charge in [-0.3, -0.25) is 0 Å². The van der Waals surface area contributed by atoms with E-state index in [1.165, 1.54) is 6.07 Å². The third-order valence-electron chi connectivity index (χ3n) is 2.66. The summed E-state index contributed by atoms with van der Waals surface area (Å²) in [4.78, 5) is 0. The maximum atomic E-state index is 13.1. The van der Waals surface area contributed by atoms with Crippen LogP contribution in [0.4, 0.5) is 4.39 Å². The highest BCUT2D eigenvalue weighted by Gasteiger charge is 2.10. The van der Waals surface area contributed by atoms with Gasteiger partial charge < -0.3 is 5.73 Å². The van der Waals surface area contributed by atoms with Crippen LogP contribution < -0.4 is 5.73 Å². The highest BCUT2D eigenvalue weighted by molar-refractivity contribution is 6.30. The topological polar surface area (TPSA) is 43.8 Å². The molecule has 0 bridgehead atoms. The van der Waals surface area contributed by atoms with Crippen molar-refractivity contribution in [2.24, 2.45) is 5.73 Å². The first-order chi connectivity index (χ1) is 8.17. The lowest BCUT2D eigenvalue weighted by atomic mass is 10.2. The molecule has 1 heterocycles. The second kappa shape index (κ2) is 4.85. The molecule has 0 aliphatic rings. The Labute approximate surface area is 104 Å². The average molecular weight is 254 g/mol. The van der Waals surface area contributed by atoms with Crippen molar-refractivity contribution in [3.8, 4) is 5.69 Å². The van der Waals surface area contributed by atoms with Crippen LogP contribution in [0.5, 0.6) is 0 Å². The molecule has 90 valence electrons. The van der Waals surface area contributed by atoms with Crippen LogP contribution in [0, 0.1) is 5.82 Å². The summed E-state index contributed by atoms with van der Waals surface area (Å²) >= 11 is 5.76. The van der Waals surface area contributed by atoms with Gasteiger partial charge in [-0.15, -0.1) is 0 Å². The standard InChI is InChI=1S/C12H13ClFN3/c1-2-12-8(6-15)7-16-17(12)9-3-4-11(14)10(13)5-9/h3-5,7H,2,6,15H2,1H3. The number of nitrogens with zero attached hydrogens (tertiary/aromatic N) is 2. The van der Waals surface area contributed by atoms with Crippen LogP contribution >= 0.6 is 11.6 Å². The smallest absolute Gasteiger partial charge is 0.141 e. The Hall–Kier alpha value is -1.39. The van der Waals surface area contributed by atoms with E-state index in [0.29, 0.717) is 6.54 Å². The van der Waals surface area contributed by atoms with Crippen molar-refractivity contribution in [2.45, 2.75) is 19.9 Å². The number of hydrogen-bond acceptors (Lipinski definition) is 2. The molecule has 1 aromatic heterocycles. The van der Waals surface area contributed by atoms with Gasteiger partial charge in [-0.05, 0) is 24.6 Å². The number of benzene rings is 1. The van der Waals surface area contributed by atoms with Crippen molar-refractivity contribution < 1.29 is 4.39 Å². The summed E-state index contributed by atoms with van der Waals surface area (Å²) in [6.07, 6.45) is 2.54. The van der Waals surface area contributed by atoms with Gasteiger partial charge in [0.2, 0.25) is 0 Å². The molecule has 5 heteroatoms. The quantitative estimate of drug-likeness (QED) is 0.914. The number of rotatable bonds is 3. The Balaban J connectivity index is 2.52. The lowest BCUT2D eigenvalue weighted by Crippen LogP contribution is -2.05. The molecule has 0 unspecified atom stereocenters. The highest BCUT2D eigenvalue weighted by atomic mass is 35.5. The maximum absolute atomic E-state index is 13.1. The van der Waals surface area contributed by atoms with Gasteiger partial charge in [-0.25, -0.2) is 9.07 Å². The van der Waals surface area contributed by atoms with Gasteiger partial charge in [0.25, 0.3) is 0 Å². The van der Waals surface area contributed by atoms with Crippen LogP contribution in [0.1, 0.15) is 18.2 Å². The summed E-state index contributed by atoms with van der Waals surface area (Å²) < 4.78 is 14.8. The number of halogens is 2. The van der Waals surface area contributed by atoms with E-state index in [-0.39, 0.29) is 5.02 Å². The predicted molar refractivity (Wildman–Crippen MR) is 65.8 cm³/mol. The summed E-state index contributed by atoms with van der Waals surface area (Å²) in [7, 11) is 0. The van der Waals surface area contributed by atoms with Crippen molar-refractivity contribution >= 4 is 11.6 Å². The Morgan fingerprint density at radius 2 is 2.24 bits per heavy atom. The monoisotopic (exact) mass is 253 g/mol. The first kappa shape index (κ1) is 12.1. The lowest BCUT2D eigenvalue weighted by Gasteiger charge is -2.08. The lowest BCUT2D eigenvalue weighted by molar-refractivity contribution is 0.627. The molecule has 2 rings (SSSR count). The van der Waals surface area contributed by atoms with Crippen molar-refractivity contribution in [2.75, 3.05) is 0 Å². The Bertz CT molecular complexity index is 537. The second-order valence-electron chi connectivity index (χ2n) is 3.68. The Morgan fingerprint density at radius 1 is 1.47 bits per heavy atom. The summed E-state index contributed by atoms with van der Waals surface area (Å²) in [6, 6.07) is 4.54. The highest BCUT2D eigenvalue weighted by Crippen LogP contribution is 2.21. The van der Waals surface area contributed by atoms with Gasteiger partial charge in [-0.1, -0.05) is 18.5 Å². The summed E-state index contributed by atoms with van der Waals surface area (Å²) in [5.41, 5.74) is 8.39. The first-order valence-electron chi connectivity index (χ1n) is 5.38. The van der Waals surface area contributed by atoms with Crippen molar-refractivity contribution in [3.63, 3.8) is 0 Å². The third-order valence-corrected chi connectivity index (χ3v) is 2.95. The summed E-state index contributed by atoms with van der Waals surface area (Å²) in [5, 5.41) is 4.35. The van der Waals surface area contributed by atoms with E-state index < -0.39 is 5.82 Å². The van der Waals surface area contributed by atoms with Gasteiger partial charge in [0, 0.05) is 17.8 Å². The van der Waals surface area contributed by atoms with Crippen LogP contribution in [0.2, 0.25) is 5.02 Å². The molecule has 17 heavy (non-hydrogen) atoms. The summed E-state index contributed by atoms with van der Waals surface area (Å²) in [5.74, 6) is -0.431. The number of hydrogen-bond donors (Lipinski definition) is 1. The molecule has 0 fully saturated rings. The molecule has 2 N–H and O–H groups in total.